The summed E-state index contributed by atoms with van der Waals surface area (Å²) in [6.45, 7) is 1.38. The Morgan fingerprint density at radius 1 is 1.28 bits per heavy atom. The number of likely N-dealkylation sites (tertiary alicyclic amines) is 1. The number of carboxylic acids is 1. The van der Waals surface area contributed by atoms with E-state index in [0.29, 0.717) is 13.0 Å². The quantitative estimate of drug-likeness (QED) is 0.849. The highest BCUT2D eigenvalue weighted by atomic mass is 16.4. The van der Waals surface area contributed by atoms with E-state index in [1.807, 2.05) is 41.3 Å². The highest BCUT2D eigenvalue weighted by molar-refractivity contribution is 5.95. The first-order valence-corrected chi connectivity index (χ1v) is 8.66. The second-order valence-corrected chi connectivity index (χ2v) is 6.48. The Morgan fingerprint density at radius 3 is 2.96 bits per heavy atom. The van der Waals surface area contributed by atoms with Gasteiger partial charge >= 0.3 is 5.97 Å². The smallest absolute Gasteiger partial charge is 0.303 e. The second kappa shape index (κ2) is 7.92. The van der Waals surface area contributed by atoms with E-state index in [1.54, 1.807) is 12.3 Å². The van der Waals surface area contributed by atoms with Crippen LogP contribution in [0.1, 0.15) is 31.2 Å². The average Bonchev–Trinajstić information content (AvgIpc) is 2.64. The fraction of sp³-hybridized carbons (Fsp3) is 0.350. The van der Waals surface area contributed by atoms with E-state index in [2.05, 4.69) is 4.98 Å². The maximum atomic E-state index is 12.5. The molecule has 1 N–H and O–H groups in total. The third-order valence-corrected chi connectivity index (χ3v) is 4.67. The molecule has 1 aliphatic rings. The van der Waals surface area contributed by atoms with Crippen LogP contribution in [0.15, 0.2) is 42.6 Å². The van der Waals surface area contributed by atoms with Crippen LogP contribution in [0.5, 0.6) is 0 Å². The van der Waals surface area contributed by atoms with E-state index >= 15 is 0 Å². The highest BCUT2D eigenvalue weighted by Crippen LogP contribution is 2.22. The van der Waals surface area contributed by atoms with Crippen molar-refractivity contribution in [3.63, 3.8) is 0 Å². The molecule has 1 amide bonds. The molecule has 1 atom stereocenters. The first kappa shape index (κ1) is 17.1. The molecular formula is C20H22N2O3. The number of hydrogen-bond acceptors (Lipinski definition) is 3. The van der Waals surface area contributed by atoms with Gasteiger partial charge in [-0.25, -0.2) is 0 Å². The number of amides is 1. The number of carbonyl (C=O) groups is 2. The number of rotatable bonds is 5. The lowest BCUT2D eigenvalue weighted by Gasteiger charge is -2.32. The SMILES string of the molecule is O=C(O)CCC1CCCN(C(=O)/C=C/c2cccc3cccnc23)C1. The normalized spacial score (nSPS) is 17.9. The number of hydrogen-bond donors (Lipinski definition) is 1. The number of carboxylic acid groups (broad SMARTS) is 1. The largest absolute Gasteiger partial charge is 0.481 e. The Labute approximate surface area is 147 Å². The van der Waals surface area contributed by atoms with Gasteiger partial charge in [0.15, 0.2) is 0 Å². The minimum atomic E-state index is -0.771. The second-order valence-electron chi connectivity index (χ2n) is 6.48. The fourth-order valence-electron chi connectivity index (χ4n) is 3.36. The van der Waals surface area contributed by atoms with Gasteiger partial charge in [0.1, 0.15) is 0 Å². The monoisotopic (exact) mass is 338 g/mol. The molecule has 0 aliphatic carbocycles. The summed E-state index contributed by atoms with van der Waals surface area (Å²) in [5.74, 6) is -0.513. The lowest BCUT2D eigenvalue weighted by Crippen LogP contribution is -2.39. The van der Waals surface area contributed by atoms with E-state index in [1.165, 1.54) is 0 Å². The number of fused-ring (bicyclic) bond motifs is 1. The van der Waals surface area contributed by atoms with Gasteiger partial charge in [-0.1, -0.05) is 24.3 Å². The van der Waals surface area contributed by atoms with Crippen LogP contribution < -0.4 is 0 Å². The Hall–Kier alpha value is -2.69. The molecule has 1 aromatic carbocycles. The Bertz CT molecular complexity index is 795. The molecule has 0 radical (unpaired) electrons. The van der Waals surface area contributed by atoms with Crippen molar-refractivity contribution >= 4 is 28.9 Å². The van der Waals surface area contributed by atoms with Gasteiger partial charge in [-0.05, 0) is 37.3 Å². The summed E-state index contributed by atoms with van der Waals surface area (Å²) in [5, 5.41) is 9.86. The minimum absolute atomic E-state index is 0.0204. The predicted molar refractivity (Wildman–Crippen MR) is 97.0 cm³/mol. The van der Waals surface area contributed by atoms with Crippen molar-refractivity contribution in [1.29, 1.82) is 0 Å². The van der Waals surface area contributed by atoms with Gasteiger partial charge in [0.2, 0.25) is 5.91 Å². The molecule has 1 saturated heterocycles. The van der Waals surface area contributed by atoms with Crippen molar-refractivity contribution in [2.45, 2.75) is 25.7 Å². The zero-order valence-corrected chi connectivity index (χ0v) is 14.1. The minimum Gasteiger partial charge on any atom is -0.481 e. The maximum absolute atomic E-state index is 12.5. The number of nitrogens with zero attached hydrogens (tertiary/aromatic N) is 2. The van der Waals surface area contributed by atoms with Crippen molar-refractivity contribution < 1.29 is 14.7 Å². The molecule has 5 nitrogen and oxygen atoms in total. The van der Waals surface area contributed by atoms with Gasteiger partial charge in [0.25, 0.3) is 0 Å². The Morgan fingerprint density at radius 2 is 2.12 bits per heavy atom. The van der Waals surface area contributed by atoms with Crippen LogP contribution >= 0.6 is 0 Å². The average molecular weight is 338 g/mol. The van der Waals surface area contributed by atoms with Crippen LogP contribution in [-0.2, 0) is 9.59 Å². The molecule has 1 aromatic heterocycles. The molecule has 1 unspecified atom stereocenters. The molecule has 0 bridgehead atoms. The number of piperidine rings is 1. The van der Waals surface area contributed by atoms with Crippen molar-refractivity contribution in [3.8, 4) is 0 Å². The zero-order valence-electron chi connectivity index (χ0n) is 14.1. The van der Waals surface area contributed by atoms with Crippen LogP contribution in [0, 0.1) is 5.92 Å². The van der Waals surface area contributed by atoms with E-state index in [0.717, 1.165) is 35.9 Å². The van der Waals surface area contributed by atoms with E-state index < -0.39 is 5.97 Å². The van der Waals surface area contributed by atoms with E-state index in [-0.39, 0.29) is 18.2 Å². The first-order chi connectivity index (χ1) is 12.1. The number of aromatic nitrogens is 1. The molecule has 2 aromatic rings. The molecule has 130 valence electrons. The van der Waals surface area contributed by atoms with Crippen molar-refractivity contribution in [2.24, 2.45) is 5.92 Å². The summed E-state index contributed by atoms with van der Waals surface area (Å²) in [5.41, 5.74) is 1.80. The maximum Gasteiger partial charge on any atom is 0.303 e. The summed E-state index contributed by atoms with van der Waals surface area (Å²) in [6.07, 6.45) is 7.90. The fourth-order valence-corrected chi connectivity index (χ4v) is 3.36. The third kappa shape index (κ3) is 4.44. The van der Waals surface area contributed by atoms with Gasteiger partial charge < -0.3 is 10.0 Å². The number of benzene rings is 1. The predicted octanol–water partition coefficient (Wildman–Crippen LogP) is 3.35. The molecule has 5 heteroatoms. The summed E-state index contributed by atoms with van der Waals surface area (Å²) in [4.78, 5) is 29.4. The Kier molecular flexibility index (Phi) is 5.43. The summed E-state index contributed by atoms with van der Waals surface area (Å²) in [6, 6.07) is 9.80. The van der Waals surface area contributed by atoms with Crippen LogP contribution in [0.3, 0.4) is 0 Å². The van der Waals surface area contributed by atoms with Crippen LogP contribution in [-0.4, -0.2) is 40.0 Å². The summed E-state index contributed by atoms with van der Waals surface area (Å²) in [7, 11) is 0. The number of aliphatic carboxylic acids is 1. The number of para-hydroxylation sites is 1. The molecule has 3 rings (SSSR count). The molecule has 2 heterocycles. The highest BCUT2D eigenvalue weighted by Gasteiger charge is 2.22. The van der Waals surface area contributed by atoms with Crippen molar-refractivity contribution in [1.82, 2.24) is 9.88 Å². The van der Waals surface area contributed by atoms with Crippen LogP contribution in [0.2, 0.25) is 0 Å². The van der Waals surface area contributed by atoms with Gasteiger partial charge in [0.05, 0.1) is 5.52 Å². The van der Waals surface area contributed by atoms with E-state index in [9.17, 15) is 9.59 Å². The zero-order chi connectivity index (χ0) is 17.6. The first-order valence-electron chi connectivity index (χ1n) is 8.66. The Balaban J connectivity index is 1.66. The van der Waals surface area contributed by atoms with E-state index in [4.69, 9.17) is 5.11 Å². The molecule has 0 saturated carbocycles. The number of carbonyl (C=O) groups excluding carboxylic acids is 1. The molecule has 25 heavy (non-hydrogen) atoms. The van der Waals surface area contributed by atoms with Gasteiger partial charge in [-0.3, -0.25) is 14.6 Å². The summed E-state index contributed by atoms with van der Waals surface area (Å²) < 4.78 is 0. The number of pyridine rings is 1. The van der Waals surface area contributed by atoms with Gasteiger partial charge in [-0.15, -0.1) is 0 Å². The van der Waals surface area contributed by atoms with Crippen LogP contribution in [0.4, 0.5) is 0 Å². The summed E-state index contributed by atoms with van der Waals surface area (Å²) >= 11 is 0. The topological polar surface area (TPSA) is 70.5 Å². The molecule has 0 spiro atoms. The third-order valence-electron chi connectivity index (χ3n) is 4.67. The molecular weight excluding hydrogens is 316 g/mol. The lowest BCUT2D eigenvalue weighted by atomic mass is 9.93. The molecule has 1 fully saturated rings. The van der Waals surface area contributed by atoms with Gasteiger partial charge in [0, 0.05) is 42.7 Å². The lowest BCUT2D eigenvalue weighted by molar-refractivity contribution is -0.137. The molecule has 1 aliphatic heterocycles. The van der Waals surface area contributed by atoms with Gasteiger partial charge in [-0.2, -0.15) is 0 Å². The van der Waals surface area contributed by atoms with Crippen LogP contribution in [0.25, 0.3) is 17.0 Å². The standard InChI is InChI=1S/C20H22N2O3/c23-18(22-13-3-4-15(14-22)8-11-19(24)25)10-9-17-6-1-5-16-7-2-12-21-20(16)17/h1-2,5-7,9-10,12,15H,3-4,8,11,13-14H2,(H,24,25)/b10-9+. The van der Waals surface area contributed by atoms with Crippen molar-refractivity contribution in [3.05, 3.63) is 48.2 Å². The van der Waals surface area contributed by atoms with Crippen molar-refractivity contribution in [2.75, 3.05) is 13.1 Å².